The highest BCUT2D eigenvalue weighted by molar-refractivity contribution is 8.00. The van der Waals surface area contributed by atoms with Gasteiger partial charge >= 0.3 is 6.09 Å². The highest BCUT2D eigenvalue weighted by atomic mass is 32.2. The minimum Gasteiger partial charge on any atom is -0.394 e. The third kappa shape index (κ3) is 2.15. The van der Waals surface area contributed by atoms with Crippen LogP contribution in [-0.4, -0.2) is 41.6 Å². The van der Waals surface area contributed by atoms with Crippen molar-refractivity contribution in [1.82, 2.24) is 4.90 Å². The summed E-state index contributed by atoms with van der Waals surface area (Å²) in [6.07, 6.45) is 1.64. The summed E-state index contributed by atoms with van der Waals surface area (Å²) < 4.78 is 4.85. The van der Waals surface area contributed by atoms with Gasteiger partial charge in [-0.3, -0.25) is 4.90 Å². The van der Waals surface area contributed by atoms with E-state index in [-0.39, 0.29) is 10.8 Å². The third-order valence-corrected chi connectivity index (χ3v) is 3.14. The van der Waals surface area contributed by atoms with Gasteiger partial charge in [0.05, 0.1) is 4.75 Å². The maximum Gasteiger partial charge on any atom is 0.417 e. The van der Waals surface area contributed by atoms with Gasteiger partial charge in [-0.05, 0) is 20.1 Å². The van der Waals surface area contributed by atoms with Crippen molar-refractivity contribution in [3.8, 4) is 0 Å². The molecule has 0 fully saturated rings. The van der Waals surface area contributed by atoms with Crippen molar-refractivity contribution in [2.75, 3.05) is 20.0 Å². The fourth-order valence-corrected chi connectivity index (χ4v) is 1.10. The molecule has 0 saturated heterocycles. The fraction of sp³-hybridized carbons (Fsp3) is 0.750. The second kappa shape index (κ2) is 3.57. The number of aliphatic imine (C=N–C) groups is 1. The van der Waals surface area contributed by atoms with Gasteiger partial charge in [-0.2, -0.15) is 0 Å². The summed E-state index contributed by atoms with van der Waals surface area (Å²) in [4.78, 5) is 16.8. The molecule has 0 bridgehead atoms. The zero-order chi connectivity index (χ0) is 10.1. The van der Waals surface area contributed by atoms with Crippen molar-refractivity contribution in [1.29, 1.82) is 0 Å². The summed E-state index contributed by atoms with van der Waals surface area (Å²) in [5, 5.41) is 0. The van der Waals surface area contributed by atoms with Crippen molar-refractivity contribution < 1.29 is 9.53 Å². The zero-order valence-corrected chi connectivity index (χ0v) is 9.14. The van der Waals surface area contributed by atoms with Crippen molar-refractivity contribution in [3.63, 3.8) is 0 Å². The van der Waals surface area contributed by atoms with Gasteiger partial charge in [0.15, 0.2) is 0 Å². The first-order valence-electron chi connectivity index (χ1n) is 4.00. The van der Waals surface area contributed by atoms with Gasteiger partial charge in [0.2, 0.25) is 5.90 Å². The van der Waals surface area contributed by atoms with E-state index in [9.17, 15) is 4.79 Å². The van der Waals surface area contributed by atoms with Gasteiger partial charge in [-0.25, -0.2) is 9.79 Å². The van der Waals surface area contributed by atoms with E-state index in [0.29, 0.717) is 12.6 Å². The Morgan fingerprint density at radius 3 is 2.69 bits per heavy atom. The third-order valence-electron chi connectivity index (χ3n) is 1.95. The molecule has 1 aliphatic heterocycles. The molecule has 0 N–H and O–H groups in total. The molecule has 0 spiro atoms. The average Bonchev–Trinajstić information content (AvgIpc) is 2.09. The first-order valence-corrected chi connectivity index (χ1v) is 5.23. The van der Waals surface area contributed by atoms with Crippen LogP contribution in [0.25, 0.3) is 0 Å². The first-order chi connectivity index (χ1) is 5.97. The quantitative estimate of drug-likeness (QED) is 0.682. The molecular weight excluding hydrogens is 188 g/mol. The van der Waals surface area contributed by atoms with E-state index in [2.05, 4.69) is 4.99 Å². The van der Waals surface area contributed by atoms with Crippen LogP contribution in [0.3, 0.4) is 0 Å². The van der Waals surface area contributed by atoms with Crippen molar-refractivity contribution in [2.45, 2.75) is 18.6 Å². The monoisotopic (exact) mass is 202 g/mol. The van der Waals surface area contributed by atoms with E-state index in [1.54, 1.807) is 18.8 Å². The van der Waals surface area contributed by atoms with E-state index < -0.39 is 0 Å². The Hall–Kier alpha value is -0.710. The largest absolute Gasteiger partial charge is 0.417 e. The number of hydrogen-bond donors (Lipinski definition) is 0. The minimum absolute atomic E-state index is 0.225. The lowest BCUT2D eigenvalue weighted by molar-refractivity contribution is 0.149. The van der Waals surface area contributed by atoms with E-state index in [4.69, 9.17) is 4.74 Å². The van der Waals surface area contributed by atoms with Crippen LogP contribution in [0.4, 0.5) is 4.79 Å². The normalized spacial score (nSPS) is 18.3. The van der Waals surface area contributed by atoms with E-state index in [1.807, 2.05) is 20.1 Å². The maximum absolute atomic E-state index is 11.2. The number of nitrogens with zero attached hydrogens (tertiary/aromatic N) is 2. The molecule has 1 rings (SSSR count). The Morgan fingerprint density at radius 1 is 1.62 bits per heavy atom. The molecule has 1 aliphatic rings. The number of hydrogen-bond acceptors (Lipinski definition) is 4. The second-order valence-electron chi connectivity index (χ2n) is 3.39. The highest BCUT2D eigenvalue weighted by Gasteiger charge is 2.31. The van der Waals surface area contributed by atoms with Crippen LogP contribution in [0.15, 0.2) is 4.99 Å². The standard InChI is InChI=1S/C8H14N2O2S/c1-8(2,13-4)6-9-5-10(3)7(11)12-6/h5H2,1-4H3. The molecule has 0 unspecified atom stereocenters. The Labute approximate surface area is 82.3 Å². The number of carbonyl (C=O) groups is 1. The number of carbonyl (C=O) groups excluding carboxylic acids is 1. The van der Waals surface area contributed by atoms with Crippen LogP contribution in [-0.2, 0) is 4.74 Å². The lowest BCUT2D eigenvalue weighted by atomic mass is 10.2. The molecule has 0 aromatic rings. The predicted octanol–water partition coefficient (Wildman–Crippen LogP) is 1.57. The fourth-order valence-electron chi connectivity index (χ4n) is 0.822. The van der Waals surface area contributed by atoms with Gasteiger partial charge < -0.3 is 4.74 Å². The summed E-state index contributed by atoms with van der Waals surface area (Å²) in [5.41, 5.74) is 0. The SMILES string of the molecule is CSC(C)(C)C1=NCN(C)C(=O)O1. The molecule has 1 amide bonds. The van der Waals surface area contributed by atoms with Gasteiger partial charge in [0.25, 0.3) is 0 Å². The molecule has 1 heterocycles. The molecule has 5 heteroatoms. The van der Waals surface area contributed by atoms with Gasteiger partial charge in [-0.15, -0.1) is 11.8 Å². The number of rotatable bonds is 2. The first kappa shape index (κ1) is 10.4. The lowest BCUT2D eigenvalue weighted by Gasteiger charge is -2.28. The van der Waals surface area contributed by atoms with Gasteiger partial charge in [0.1, 0.15) is 6.67 Å². The molecule has 0 saturated carbocycles. The molecule has 4 nitrogen and oxygen atoms in total. The summed E-state index contributed by atoms with van der Waals surface area (Å²) in [6, 6.07) is 0. The molecule has 13 heavy (non-hydrogen) atoms. The van der Waals surface area contributed by atoms with Crippen LogP contribution in [0.1, 0.15) is 13.8 Å². The molecule has 74 valence electrons. The minimum atomic E-state index is -0.327. The summed E-state index contributed by atoms with van der Waals surface area (Å²) in [6.45, 7) is 4.35. The second-order valence-corrected chi connectivity index (χ2v) is 4.81. The predicted molar refractivity (Wildman–Crippen MR) is 54.1 cm³/mol. The van der Waals surface area contributed by atoms with Crippen LogP contribution in [0.5, 0.6) is 0 Å². The van der Waals surface area contributed by atoms with Crippen molar-refractivity contribution >= 4 is 23.8 Å². The van der Waals surface area contributed by atoms with Gasteiger partial charge in [0, 0.05) is 7.05 Å². The Morgan fingerprint density at radius 2 is 2.23 bits per heavy atom. The number of cyclic esters (lactones) is 1. The molecule has 0 aromatic heterocycles. The Balaban J connectivity index is 2.79. The number of amides is 1. The van der Waals surface area contributed by atoms with E-state index in [1.165, 1.54) is 4.90 Å². The smallest absolute Gasteiger partial charge is 0.394 e. The van der Waals surface area contributed by atoms with E-state index in [0.717, 1.165) is 0 Å². The zero-order valence-electron chi connectivity index (χ0n) is 8.33. The highest BCUT2D eigenvalue weighted by Crippen LogP contribution is 2.25. The molecular formula is C8H14N2O2S. The lowest BCUT2D eigenvalue weighted by Crippen LogP contribution is -2.41. The Bertz CT molecular complexity index is 251. The van der Waals surface area contributed by atoms with Crippen LogP contribution < -0.4 is 0 Å². The molecule has 0 radical (unpaired) electrons. The van der Waals surface area contributed by atoms with E-state index >= 15 is 0 Å². The van der Waals surface area contributed by atoms with Crippen molar-refractivity contribution in [3.05, 3.63) is 0 Å². The van der Waals surface area contributed by atoms with Crippen LogP contribution >= 0.6 is 11.8 Å². The molecule has 0 atom stereocenters. The molecule has 0 aliphatic carbocycles. The van der Waals surface area contributed by atoms with Crippen LogP contribution in [0, 0.1) is 0 Å². The average molecular weight is 202 g/mol. The number of ether oxygens (including phenoxy) is 1. The van der Waals surface area contributed by atoms with Gasteiger partial charge in [-0.1, -0.05) is 0 Å². The summed E-state index contributed by atoms with van der Waals surface area (Å²) >= 11 is 1.61. The van der Waals surface area contributed by atoms with Crippen LogP contribution in [0.2, 0.25) is 0 Å². The number of thioether (sulfide) groups is 1. The summed E-state index contributed by atoms with van der Waals surface area (Å²) in [7, 11) is 1.66. The molecule has 0 aromatic carbocycles. The Kier molecular flexibility index (Phi) is 2.85. The summed E-state index contributed by atoms with van der Waals surface area (Å²) in [5.74, 6) is 0.517. The maximum atomic E-state index is 11.2. The topological polar surface area (TPSA) is 41.9 Å². The van der Waals surface area contributed by atoms with Crippen molar-refractivity contribution in [2.24, 2.45) is 4.99 Å².